The Balaban J connectivity index is 1.57. The molecule has 0 spiro atoms. The van der Waals surface area contributed by atoms with Gasteiger partial charge in [-0.05, 0) is 49.9 Å². The summed E-state index contributed by atoms with van der Waals surface area (Å²) < 4.78 is 2.79. The number of hydrogen-bond donors (Lipinski definition) is 1. The van der Waals surface area contributed by atoms with Crippen LogP contribution in [-0.4, -0.2) is 21.5 Å². The molecule has 27 heavy (non-hydrogen) atoms. The van der Waals surface area contributed by atoms with E-state index in [1.807, 2.05) is 38.1 Å². The van der Waals surface area contributed by atoms with E-state index in [1.54, 1.807) is 4.57 Å². The predicted molar refractivity (Wildman–Crippen MR) is 112 cm³/mol. The second-order valence-corrected chi connectivity index (χ2v) is 8.94. The number of thiophene rings is 1. The van der Waals surface area contributed by atoms with Gasteiger partial charge in [-0.2, -0.15) is 0 Å². The van der Waals surface area contributed by atoms with Crippen molar-refractivity contribution in [3.8, 4) is 0 Å². The van der Waals surface area contributed by atoms with E-state index >= 15 is 0 Å². The Labute approximate surface area is 169 Å². The molecule has 3 aromatic rings. The molecule has 0 saturated heterocycles. The number of rotatable bonds is 4. The van der Waals surface area contributed by atoms with E-state index < -0.39 is 0 Å². The van der Waals surface area contributed by atoms with E-state index in [0.717, 1.165) is 47.2 Å². The maximum absolute atomic E-state index is 12.8. The van der Waals surface area contributed by atoms with Crippen LogP contribution >= 0.6 is 27.3 Å². The van der Waals surface area contributed by atoms with Gasteiger partial charge in [-0.15, -0.1) is 11.3 Å². The number of carbonyl (C=O) groups is 1. The Bertz CT molecular complexity index is 1090. The summed E-state index contributed by atoms with van der Waals surface area (Å²) in [5, 5.41) is 3.65. The molecule has 1 unspecified atom stereocenters. The summed E-state index contributed by atoms with van der Waals surface area (Å²) >= 11 is 4.75. The van der Waals surface area contributed by atoms with Crippen molar-refractivity contribution in [3.63, 3.8) is 0 Å². The van der Waals surface area contributed by atoms with Crippen LogP contribution in [0.3, 0.4) is 0 Å². The van der Waals surface area contributed by atoms with Gasteiger partial charge in [0, 0.05) is 23.5 Å². The van der Waals surface area contributed by atoms with E-state index in [2.05, 4.69) is 26.2 Å². The Hall–Kier alpha value is -1.99. The third kappa shape index (κ3) is 3.46. The molecule has 0 saturated carbocycles. The van der Waals surface area contributed by atoms with Gasteiger partial charge in [-0.3, -0.25) is 14.2 Å². The Morgan fingerprint density at radius 2 is 2.11 bits per heavy atom. The lowest BCUT2D eigenvalue weighted by atomic mass is 10.1. The van der Waals surface area contributed by atoms with Crippen molar-refractivity contribution in [1.82, 2.24) is 14.9 Å². The maximum Gasteiger partial charge on any atom is 0.262 e. The molecule has 1 amide bonds. The zero-order valence-corrected chi connectivity index (χ0v) is 17.6. The van der Waals surface area contributed by atoms with Gasteiger partial charge in [0.1, 0.15) is 10.7 Å². The first-order chi connectivity index (χ1) is 12.9. The molecule has 1 N–H and O–H groups in total. The van der Waals surface area contributed by atoms with Crippen LogP contribution in [0.4, 0.5) is 0 Å². The number of carbonyl (C=O) groups excluding carboxylic acids is 1. The van der Waals surface area contributed by atoms with Gasteiger partial charge in [0.25, 0.3) is 11.5 Å². The summed E-state index contributed by atoms with van der Waals surface area (Å²) in [6.45, 7) is 4.56. The van der Waals surface area contributed by atoms with E-state index in [0.29, 0.717) is 15.1 Å². The van der Waals surface area contributed by atoms with Crippen LogP contribution in [-0.2, 0) is 19.4 Å². The zero-order valence-electron chi connectivity index (χ0n) is 15.2. The van der Waals surface area contributed by atoms with Crippen molar-refractivity contribution in [2.24, 2.45) is 0 Å². The fourth-order valence-corrected chi connectivity index (χ4v) is 4.96. The summed E-state index contributed by atoms with van der Waals surface area (Å²) in [5.74, 6) is 0.703. The van der Waals surface area contributed by atoms with Gasteiger partial charge in [-0.25, -0.2) is 4.98 Å². The van der Waals surface area contributed by atoms with Crippen LogP contribution in [0.15, 0.2) is 33.5 Å². The molecular weight excluding hydrogens is 426 g/mol. The number of aromatic nitrogens is 2. The zero-order chi connectivity index (χ0) is 19.1. The number of halogens is 1. The van der Waals surface area contributed by atoms with Crippen LogP contribution in [0, 0.1) is 6.92 Å². The van der Waals surface area contributed by atoms with Crippen molar-refractivity contribution in [3.05, 3.63) is 60.9 Å². The summed E-state index contributed by atoms with van der Waals surface area (Å²) in [6, 6.07) is 8.08. The minimum Gasteiger partial charge on any atom is -0.349 e. The second kappa shape index (κ2) is 7.20. The topological polar surface area (TPSA) is 64.0 Å². The molecule has 0 radical (unpaired) electrons. The summed E-state index contributed by atoms with van der Waals surface area (Å²) in [7, 11) is 0. The number of fused-ring (bicyclic) bond motifs is 2. The lowest BCUT2D eigenvalue weighted by molar-refractivity contribution is 0.0943. The Morgan fingerprint density at radius 1 is 1.37 bits per heavy atom. The highest BCUT2D eigenvalue weighted by Crippen LogP contribution is 2.28. The standard InChI is InChI=1S/C20H20BrN3O2S/c1-11(10-13-5-7-14(21)8-6-13)22-18(25)17-12(2)16-19(27-17)23-15-4-3-9-24(15)20(16)26/h5-8,11H,3-4,9-10H2,1-2H3,(H,22,25). The van der Waals surface area contributed by atoms with Crippen molar-refractivity contribution in [1.29, 1.82) is 0 Å². The molecule has 1 aromatic carbocycles. The molecule has 140 valence electrons. The molecule has 5 nitrogen and oxygen atoms in total. The molecule has 0 bridgehead atoms. The average Bonchev–Trinajstić information content (AvgIpc) is 3.22. The number of benzene rings is 1. The molecule has 4 rings (SSSR count). The third-order valence-corrected chi connectivity index (χ3v) is 6.66. The Kier molecular flexibility index (Phi) is 4.90. The number of nitrogens with one attached hydrogen (secondary N) is 1. The van der Waals surface area contributed by atoms with Gasteiger partial charge in [-0.1, -0.05) is 28.1 Å². The van der Waals surface area contributed by atoms with Crippen molar-refractivity contribution in [2.45, 2.75) is 45.7 Å². The first-order valence-electron chi connectivity index (χ1n) is 9.02. The minimum atomic E-state index is -0.135. The summed E-state index contributed by atoms with van der Waals surface area (Å²) in [5.41, 5.74) is 1.89. The normalized spacial score (nSPS) is 14.3. The van der Waals surface area contributed by atoms with Crippen LogP contribution in [0.2, 0.25) is 0 Å². The number of nitrogens with zero attached hydrogens (tertiary/aromatic N) is 2. The maximum atomic E-state index is 12.8. The second-order valence-electron chi connectivity index (χ2n) is 7.03. The minimum absolute atomic E-state index is 0.0109. The fourth-order valence-electron chi connectivity index (χ4n) is 3.61. The monoisotopic (exact) mass is 445 g/mol. The van der Waals surface area contributed by atoms with E-state index in [9.17, 15) is 9.59 Å². The van der Waals surface area contributed by atoms with Crippen molar-refractivity contribution in [2.75, 3.05) is 0 Å². The quantitative estimate of drug-likeness (QED) is 0.663. The molecule has 1 aliphatic heterocycles. The lowest BCUT2D eigenvalue weighted by Gasteiger charge is -2.13. The predicted octanol–water partition coefficient (Wildman–Crippen LogP) is 3.84. The first kappa shape index (κ1) is 18.4. The molecule has 0 aliphatic carbocycles. The fraction of sp³-hybridized carbons (Fsp3) is 0.350. The van der Waals surface area contributed by atoms with Crippen LogP contribution in [0.1, 0.15) is 40.0 Å². The molecule has 7 heteroatoms. The van der Waals surface area contributed by atoms with Crippen molar-refractivity contribution >= 4 is 43.4 Å². The molecule has 1 atom stereocenters. The smallest absolute Gasteiger partial charge is 0.262 e. The number of hydrogen-bond acceptors (Lipinski definition) is 4. The molecule has 3 heterocycles. The average molecular weight is 446 g/mol. The lowest BCUT2D eigenvalue weighted by Crippen LogP contribution is -2.34. The van der Waals surface area contributed by atoms with Gasteiger partial charge in [0.2, 0.25) is 0 Å². The Morgan fingerprint density at radius 3 is 2.85 bits per heavy atom. The van der Waals surface area contributed by atoms with Crippen LogP contribution in [0.5, 0.6) is 0 Å². The van der Waals surface area contributed by atoms with E-state index in [1.165, 1.54) is 11.3 Å². The molecule has 1 aliphatic rings. The summed E-state index contributed by atoms with van der Waals surface area (Å²) in [4.78, 5) is 31.5. The molecular formula is C20H20BrN3O2S. The van der Waals surface area contributed by atoms with E-state index in [-0.39, 0.29) is 17.5 Å². The van der Waals surface area contributed by atoms with Crippen molar-refractivity contribution < 1.29 is 4.79 Å². The number of amides is 1. The third-order valence-electron chi connectivity index (χ3n) is 4.95. The van der Waals surface area contributed by atoms with Gasteiger partial charge >= 0.3 is 0 Å². The van der Waals surface area contributed by atoms with Gasteiger partial charge < -0.3 is 5.32 Å². The van der Waals surface area contributed by atoms with E-state index in [4.69, 9.17) is 0 Å². The highest BCUT2D eigenvalue weighted by Gasteiger charge is 2.23. The van der Waals surface area contributed by atoms with Gasteiger partial charge in [0.15, 0.2) is 0 Å². The highest BCUT2D eigenvalue weighted by molar-refractivity contribution is 9.10. The highest BCUT2D eigenvalue weighted by atomic mass is 79.9. The van der Waals surface area contributed by atoms with Crippen LogP contribution in [0.25, 0.3) is 10.2 Å². The molecule has 0 fully saturated rings. The van der Waals surface area contributed by atoms with Crippen LogP contribution < -0.4 is 10.9 Å². The first-order valence-corrected chi connectivity index (χ1v) is 10.6. The van der Waals surface area contributed by atoms with Gasteiger partial charge in [0.05, 0.1) is 10.3 Å². The SMILES string of the molecule is Cc1c(C(=O)NC(C)Cc2ccc(Br)cc2)sc2nc3n(c(=O)c12)CCC3. The largest absolute Gasteiger partial charge is 0.349 e. The molecule has 2 aromatic heterocycles. The number of aryl methyl sites for hydroxylation is 2. The summed E-state index contributed by atoms with van der Waals surface area (Å²) in [6.07, 6.45) is 2.53.